The molecule has 1 fully saturated rings. The number of aldehydes is 1. The fraction of sp³-hybridized carbons (Fsp3) is 0.409. The van der Waals surface area contributed by atoms with Crippen LogP contribution < -0.4 is 0 Å². The Morgan fingerprint density at radius 3 is 2.35 bits per heavy atom. The summed E-state index contributed by atoms with van der Waals surface area (Å²) >= 11 is 0. The summed E-state index contributed by atoms with van der Waals surface area (Å²) in [5.74, 6) is 0.770. The minimum atomic E-state index is 0.770. The first kappa shape index (κ1) is 16.0. The summed E-state index contributed by atoms with van der Waals surface area (Å²) in [7, 11) is 0. The Labute approximate surface area is 139 Å². The molecule has 0 aliphatic heterocycles. The maximum atomic E-state index is 11.4. The van der Waals surface area contributed by atoms with Crippen LogP contribution in [0.2, 0.25) is 0 Å². The van der Waals surface area contributed by atoms with E-state index in [1.807, 2.05) is 6.07 Å². The predicted molar refractivity (Wildman–Crippen MR) is 96.0 cm³/mol. The van der Waals surface area contributed by atoms with Gasteiger partial charge in [-0.2, -0.15) is 0 Å². The van der Waals surface area contributed by atoms with Crippen molar-refractivity contribution in [3.63, 3.8) is 0 Å². The van der Waals surface area contributed by atoms with Gasteiger partial charge in [0.1, 0.15) is 6.29 Å². The summed E-state index contributed by atoms with van der Waals surface area (Å²) in [6, 6.07) is 17.0. The summed E-state index contributed by atoms with van der Waals surface area (Å²) in [6.45, 7) is 0. The second-order valence-electron chi connectivity index (χ2n) is 6.84. The molecule has 1 aliphatic carbocycles. The monoisotopic (exact) mass is 306 g/mol. The average molecular weight is 306 g/mol. The van der Waals surface area contributed by atoms with Crippen molar-refractivity contribution in [1.82, 2.24) is 0 Å². The average Bonchev–Trinajstić information content (AvgIpc) is 2.62. The first-order chi connectivity index (χ1) is 11.3. The molecule has 2 aromatic rings. The quantitative estimate of drug-likeness (QED) is 0.652. The number of aryl methyl sites for hydroxylation is 2. The standard InChI is InChI=1S/C22H26O/c23-17-21-14-13-20(12-11-18-7-3-1-4-8-18)16-22(21)15-19-9-5-2-6-10-19/h1,3-4,7-8,13-14,16-17,19H,2,5-6,9-12,15H2. The van der Waals surface area contributed by atoms with Gasteiger partial charge in [0.25, 0.3) is 0 Å². The van der Waals surface area contributed by atoms with Gasteiger partial charge in [-0.15, -0.1) is 0 Å². The molecule has 0 saturated heterocycles. The third-order valence-electron chi connectivity index (χ3n) is 5.11. The zero-order valence-electron chi connectivity index (χ0n) is 13.8. The minimum Gasteiger partial charge on any atom is -0.298 e. The zero-order chi connectivity index (χ0) is 15.9. The summed E-state index contributed by atoms with van der Waals surface area (Å²) in [4.78, 5) is 11.4. The highest BCUT2D eigenvalue weighted by Gasteiger charge is 2.16. The normalized spacial score (nSPS) is 15.5. The van der Waals surface area contributed by atoms with E-state index in [4.69, 9.17) is 0 Å². The number of carbonyl (C=O) groups excluding carboxylic acids is 1. The van der Waals surface area contributed by atoms with Gasteiger partial charge in [-0.3, -0.25) is 4.79 Å². The topological polar surface area (TPSA) is 17.1 Å². The van der Waals surface area contributed by atoms with Crippen LogP contribution in [0.15, 0.2) is 48.5 Å². The van der Waals surface area contributed by atoms with Crippen LogP contribution in [-0.4, -0.2) is 6.29 Å². The van der Waals surface area contributed by atoms with Gasteiger partial charge in [-0.25, -0.2) is 0 Å². The molecule has 23 heavy (non-hydrogen) atoms. The molecule has 120 valence electrons. The van der Waals surface area contributed by atoms with Crippen molar-refractivity contribution in [3.8, 4) is 0 Å². The van der Waals surface area contributed by atoms with Crippen LogP contribution in [0.3, 0.4) is 0 Å². The Hall–Kier alpha value is -1.89. The highest BCUT2D eigenvalue weighted by atomic mass is 16.1. The second kappa shape index (κ2) is 8.10. The van der Waals surface area contributed by atoms with E-state index in [1.54, 1.807) is 0 Å². The lowest BCUT2D eigenvalue weighted by molar-refractivity contribution is 0.112. The molecule has 3 rings (SSSR count). The van der Waals surface area contributed by atoms with Crippen LogP contribution in [0, 0.1) is 5.92 Å². The van der Waals surface area contributed by atoms with Crippen molar-refractivity contribution in [2.75, 3.05) is 0 Å². The first-order valence-electron chi connectivity index (χ1n) is 8.96. The number of hydrogen-bond acceptors (Lipinski definition) is 1. The molecule has 0 radical (unpaired) electrons. The smallest absolute Gasteiger partial charge is 0.150 e. The van der Waals surface area contributed by atoms with Gasteiger partial charge in [0, 0.05) is 5.56 Å². The number of benzene rings is 2. The number of hydrogen-bond donors (Lipinski definition) is 0. The van der Waals surface area contributed by atoms with Crippen LogP contribution in [0.1, 0.15) is 59.2 Å². The Balaban J connectivity index is 1.69. The number of carbonyl (C=O) groups is 1. The molecule has 1 heteroatoms. The highest BCUT2D eigenvalue weighted by molar-refractivity contribution is 5.77. The van der Waals surface area contributed by atoms with Crippen LogP contribution in [-0.2, 0) is 19.3 Å². The van der Waals surface area contributed by atoms with E-state index in [0.717, 1.165) is 37.0 Å². The molecule has 1 aliphatic rings. The lowest BCUT2D eigenvalue weighted by Crippen LogP contribution is -2.11. The van der Waals surface area contributed by atoms with Crippen LogP contribution >= 0.6 is 0 Å². The molecular formula is C22H26O. The van der Waals surface area contributed by atoms with Crippen LogP contribution in [0.5, 0.6) is 0 Å². The largest absolute Gasteiger partial charge is 0.298 e. The Morgan fingerprint density at radius 1 is 0.870 bits per heavy atom. The molecule has 0 heterocycles. The van der Waals surface area contributed by atoms with Gasteiger partial charge in [0.15, 0.2) is 0 Å². The molecule has 0 bridgehead atoms. The fourth-order valence-corrected chi connectivity index (χ4v) is 3.74. The minimum absolute atomic E-state index is 0.770. The highest BCUT2D eigenvalue weighted by Crippen LogP contribution is 2.28. The molecule has 0 aromatic heterocycles. The van der Waals surface area contributed by atoms with Gasteiger partial charge in [-0.05, 0) is 41.9 Å². The maximum Gasteiger partial charge on any atom is 0.150 e. The summed E-state index contributed by atoms with van der Waals surface area (Å²) in [5.41, 5.74) is 4.88. The summed E-state index contributed by atoms with van der Waals surface area (Å²) in [6.07, 6.45) is 11.0. The number of rotatable bonds is 6. The van der Waals surface area contributed by atoms with Crippen molar-refractivity contribution in [2.24, 2.45) is 5.92 Å². The van der Waals surface area contributed by atoms with Gasteiger partial charge in [0.05, 0.1) is 0 Å². The molecular weight excluding hydrogens is 280 g/mol. The zero-order valence-corrected chi connectivity index (χ0v) is 13.8. The van der Waals surface area contributed by atoms with E-state index in [-0.39, 0.29) is 0 Å². The lowest BCUT2D eigenvalue weighted by Gasteiger charge is -2.22. The molecule has 0 N–H and O–H groups in total. The Morgan fingerprint density at radius 2 is 1.61 bits per heavy atom. The van der Waals surface area contributed by atoms with E-state index < -0.39 is 0 Å². The summed E-state index contributed by atoms with van der Waals surface area (Å²) in [5, 5.41) is 0. The first-order valence-corrected chi connectivity index (χ1v) is 8.96. The molecule has 2 aromatic carbocycles. The van der Waals surface area contributed by atoms with Crippen molar-refractivity contribution >= 4 is 6.29 Å². The molecule has 0 amide bonds. The van der Waals surface area contributed by atoms with Gasteiger partial charge in [-0.1, -0.05) is 80.6 Å². The molecule has 0 spiro atoms. The third kappa shape index (κ3) is 4.54. The third-order valence-corrected chi connectivity index (χ3v) is 5.11. The van der Waals surface area contributed by atoms with Crippen molar-refractivity contribution in [3.05, 3.63) is 70.8 Å². The van der Waals surface area contributed by atoms with Gasteiger partial charge >= 0.3 is 0 Å². The second-order valence-corrected chi connectivity index (χ2v) is 6.84. The predicted octanol–water partition coefficient (Wildman–Crippen LogP) is 5.41. The van der Waals surface area contributed by atoms with Crippen LogP contribution in [0.4, 0.5) is 0 Å². The molecule has 0 atom stereocenters. The van der Waals surface area contributed by atoms with E-state index >= 15 is 0 Å². The van der Waals surface area contributed by atoms with Crippen LogP contribution in [0.25, 0.3) is 0 Å². The summed E-state index contributed by atoms with van der Waals surface area (Å²) < 4.78 is 0. The lowest BCUT2D eigenvalue weighted by atomic mass is 9.83. The van der Waals surface area contributed by atoms with E-state index in [9.17, 15) is 4.79 Å². The van der Waals surface area contributed by atoms with Crippen molar-refractivity contribution in [2.45, 2.75) is 51.4 Å². The Bertz CT molecular complexity index is 624. The Kier molecular flexibility index (Phi) is 5.63. The van der Waals surface area contributed by atoms with E-state index in [0.29, 0.717) is 0 Å². The van der Waals surface area contributed by atoms with Gasteiger partial charge in [0.2, 0.25) is 0 Å². The fourth-order valence-electron chi connectivity index (χ4n) is 3.74. The molecule has 1 saturated carbocycles. The van der Waals surface area contributed by atoms with E-state index in [1.165, 1.54) is 48.8 Å². The SMILES string of the molecule is O=Cc1ccc(CCc2ccccc2)cc1CC1CCCCC1. The van der Waals surface area contributed by atoms with Crippen molar-refractivity contribution in [1.29, 1.82) is 0 Å². The van der Waals surface area contributed by atoms with Gasteiger partial charge < -0.3 is 0 Å². The maximum absolute atomic E-state index is 11.4. The molecule has 1 nitrogen and oxygen atoms in total. The van der Waals surface area contributed by atoms with Crippen molar-refractivity contribution < 1.29 is 4.79 Å². The molecule has 0 unspecified atom stereocenters. The van der Waals surface area contributed by atoms with E-state index in [2.05, 4.69) is 42.5 Å².